The summed E-state index contributed by atoms with van der Waals surface area (Å²) in [6.07, 6.45) is 0.407. The van der Waals surface area contributed by atoms with Gasteiger partial charge in [0.25, 0.3) is 5.24 Å². The molecule has 0 aliphatic carbocycles. The lowest BCUT2D eigenvalue weighted by molar-refractivity contribution is -0.138. The Morgan fingerprint density at radius 2 is 2.25 bits per heavy atom. The molecule has 2 heterocycles. The van der Waals surface area contributed by atoms with Gasteiger partial charge in [-0.3, -0.25) is 9.59 Å². The van der Waals surface area contributed by atoms with Crippen LogP contribution in [-0.2, 0) is 4.79 Å². The zero-order chi connectivity index (χ0) is 11.5. The van der Waals surface area contributed by atoms with Crippen molar-refractivity contribution in [3.63, 3.8) is 0 Å². The van der Waals surface area contributed by atoms with E-state index in [-0.39, 0.29) is 23.7 Å². The second-order valence-corrected chi connectivity index (χ2v) is 5.24. The molecular formula is C10H16N2O3S. The summed E-state index contributed by atoms with van der Waals surface area (Å²) in [4.78, 5) is 26.4. The van der Waals surface area contributed by atoms with Crippen molar-refractivity contribution in [1.29, 1.82) is 0 Å². The Morgan fingerprint density at radius 3 is 2.81 bits per heavy atom. The Labute approximate surface area is 98.8 Å². The molecule has 2 aliphatic heterocycles. The van der Waals surface area contributed by atoms with E-state index in [1.165, 1.54) is 11.8 Å². The molecular weight excluding hydrogens is 228 g/mol. The number of aliphatic hydroxyl groups excluding tert-OH is 1. The summed E-state index contributed by atoms with van der Waals surface area (Å²) in [5.41, 5.74) is 0. The van der Waals surface area contributed by atoms with Gasteiger partial charge in [0.1, 0.15) is 0 Å². The second-order valence-electron chi connectivity index (χ2n) is 4.20. The predicted molar refractivity (Wildman–Crippen MR) is 61.2 cm³/mol. The van der Waals surface area contributed by atoms with E-state index in [0.29, 0.717) is 26.1 Å². The molecule has 16 heavy (non-hydrogen) atoms. The van der Waals surface area contributed by atoms with Crippen molar-refractivity contribution in [2.45, 2.75) is 6.42 Å². The van der Waals surface area contributed by atoms with E-state index < -0.39 is 0 Å². The van der Waals surface area contributed by atoms with Crippen LogP contribution in [0.25, 0.3) is 0 Å². The molecule has 90 valence electrons. The third-order valence-corrected chi connectivity index (χ3v) is 3.90. The lowest BCUT2D eigenvalue weighted by Crippen LogP contribution is -2.51. The van der Waals surface area contributed by atoms with Crippen molar-refractivity contribution in [3.8, 4) is 0 Å². The number of hydrogen-bond donors (Lipinski definition) is 1. The first-order chi connectivity index (χ1) is 7.70. The third-order valence-electron chi connectivity index (χ3n) is 3.01. The van der Waals surface area contributed by atoms with E-state index in [1.54, 1.807) is 9.80 Å². The van der Waals surface area contributed by atoms with Crippen molar-refractivity contribution in [3.05, 3.63) is 0 Å². The molecule has 0 bridgehead atoms. The lowest BCUT2D eigenvalue weighted by atomic mass is 10.0. The minimum atomic E-state index is 0.0876. The molecule has 2 amide bonds. The van der Waals surface area contributed by atoms with E-state index >= 15 is 0 Å². The molecule has 6 heteroatoms. The average molecular weight is 244 g/mol. The topological polar surface area (TPSA) is 60.9 Å². The van der Waals surface area contributed by atoms with Crippen LogP contribution < -0.4 is 0 Å². The molecule has 0 saturated carbocycles. The van der Waals surface area contributed by atoms with Crippen LogP contribution in [0.5, 0.6) is 0 Å². The third kappa shape index (κ3) is 2.49. The van der Waals surface area contributed by atoms with Gasteiger partial charge in [-0.2, -0.15) is 0 Å². The van der Waals surface area contributed by atoms with Crippen molar-refractivity contribution in [2.24, 2.45) is 5.92 Å². The maximum atomic E-state index is 11.6. The fourth-order valence-corrected chi connectivity index (χ4v) is 2.76. The fraction of sp³-hybridized carbons (Fsp3) is 0.800. The number of likely N-dealkylation sites (tertiary alicyclic amines) is 1. The molecule has 0 atom stereocenters. The number of carbonyl (C=O) groups excluding carboxylic acids is 2. The molecule has 0 unspecified atom stereocenters. The first-order valence-corrected chi connectivity index (χ1v) is 6.49. The first kappa shape index (κ1) is 11.7. The zero-order valence-electron chi connectivity index (χ0n) is 9.09. The highest BCUT2D eigenvalue weighted by atomic mass is 32.2. The highest BCUT2D eigenvalue weighted by molar-refractivity contribution is 8.13. The highest BCUT2D eigenvalue weighted by Crippen LogP contribution is 2.19. The Hall–Kier alpha value is -0.750. The molecule has 0 radical (unpaired) electrons. The summed E-state index contributed by atoms with van der Waals surface area (Å²) in [6.45, 7) is 2.78. The van der Waals surface area contributed by atoms with Crippen LogP contribution in [-0.4, -0.2) is 64.6 Å². The maximum Gasteiger partial charge on any atom is 0.281 e. The summed E-state index contributed by atoms with van der Waals surface area (Å²) in [5, 5.41) is 8.92. The number of carbonyl (C=O) groups is 2. The minimum Gasteiger partial charge on any atom is -0.396 e. The van der Waals surface area contributed by atoms with Crippen LogP contribution in [0.15, 0.2) is 0 Å². The summed E-state index contributed by atoms with van der Waals surface area (Å²) in [6, 6.07) is 0. The van der Waals surface area contributed by atoms with Gasteiger partial charge in [0.05, 0.1) is 0 Å². The van der Waals surface area contributed by atoms with Crippen molar-refractivity contribution >= 4 is 22.9 Å². The number of thioether (sulfide) groups is 1. The van der Waals surface area contributed by atoms with E-state index in [9.17, 15) is 9.59 Å². The molecule has 0 spiro atoms. The summed E-state index contributed by atoms with van der Waals surface area (Å²) >= 11 is 1.32. The number of nitrogens with zero attached hydrogens (tertiary/aromatic N) is 2. The van der Waals surface area contributed by atoms with Gasteiger partial charge in [0, 0.05) is 50.9 Å². The van der Waals surface area contributed by atoms with Crippen LogP contribution in [0.3, 0.4) is 0 Å². The summed E-state index contributed by atoms with van der Waals surface area (Å²) in [7, 11) is 0. The molecule has 2 saturated heterocycles. The molecule has 0 aromatic rings. The van der Waals surface area contributed by atoms with E-state index in [2.05, 4.69) is 0 Å². The molecule has 2 aliphatic rings. The fourth-order valence-electron chi connectivity index (χ4n) is 1.91. The quantitative estimate of drug-likeness (QED) is 0.756. The zero-order valence-corrected chi connectivity index (χ0v) is 9.91. The van der Waals surface area contributed by atoms with Crippen LogP contribution >= 0.6 is 11.8 Å². The SMILES string of the molecule is O=C(CCN1CCSC1=O)N1CC(CO)C1. The second kappa shape index (κ2) is 5.05. The van der Waals surface area contributed by atoms with Gasteiger partial charge >= 0.3 is 0 Å². The molecule has 2 fully saturated rings. The van der Waals surface area contributed by atoms with Gasteiger partial charge in [-0.05, 0) is 0 Å². The summed E-state index contributed by atoms with van der Waals surface area (Å²) < 4.78 is 0. The monoisotopic (exact) mass is 244 g/mol. The number of aliphatic hydroxyl groups is 1. The maximum absolute atomic E-state index is 11.6. The Kier molecular flexibility index (Phi) is 3.70. The number of amides is 2. The van der Waals surface area contributed by atoms with Gasteiger partial charge in [-0.1, -0.05) is 11.8 Å². The van der Waals surface area contributed by atoms with Crippen molar-refractivity contribution < 1.29 is 14.7 Å². The van der Waals surface area contributed by atoms with Crippen molar-refractivity contribution in [2.75, 3.05) is 38.5 Å². The van der Waals surface area contributed by atoms with Gasteiger partial charge < -0.3 is 14.9 Å². The van der Waals surface area contributed by atoms with Gasteiger partial charge in [0.2, 0.25) is 5.91 Å². The average Bonchev–Trinajstić information content (AvgIpc) is 2.59. The molecule has 0 aromatic heterocycles. The summed E-state index contributed by atoms with van der Waals surface area (Å²) in [5.74, 6) is 1.19. The van der Waals surface area contributed by atoms with E-state index in [1.807, 2.05) is 0 Å². The van der Waals surface area contributed by atoms with E-state index in [4.69, 9.17) is 5.11 Å². The molecule has 2 rings (SSSR count). The lowest BCUT2D eigenvalue weighted by Gasteiger charge is -2.38. The van der Waals surface area contributed by atoms with Gasteiger partial charge in [0.15, 0.2) is 0 Å². The smallest absolute Gasteiger partial charge is 0.281 e. The minimum absolute atomic E-state index is 0.0876. The van der Waals surface area contributed by atoms with Crippen molar-refractivity contribution in [1.82, 2.24) is 9.80 Å². The normalized spacial score (nSPS) is 21.4. The molecule has 1 N–H and O–H groups in total. The molecule has 5 nitrogen and oxygen atoms in total. The standard InChI is InChI=1S/C10H16N2O3S/c13-7-8-5-12(6-8)9(14)1-2-11-3-4-16-10(11)15/h8,13H,1-7H2. The number of hydrogen-bond acceptors (Lipinski definition) is 4. The Morgan fingerprint density at radius 1 is 1.50 bits per heavy atom. The Bertz CT molecular complexity index is 292. The Balaban J connectivity index is 1.66. The van der Waals surface area contributed by atoms with Crippen LogP contribution in [0.1, 0.15) is 6.42 Å². The van der Waals surface area contributed by atoms with Crippen LogP contribution in [0, 0.1) is 5.92 Å². The largest absolute Gasteiger partial charge is 0.396 e. The highest BCUT2D eigenvalue weighted by Gasteiger charge is 2.30. The molecule has 0 aromatic carbocycles. The number of rotatable bonds is 4. The van der Waals surface area contributed by atoms with Crippen LogP contribution in [0.4, 0.5) is 4.79 Å². The van der Waals surface area contributed by atoms with Gasteiger partial charge in [-0.15, -0.1) is 0 Å². The van der Waals surface area contributed by atoms with E-state index in [0.717, 1.165) is 12.3 Å². The predicted octanol–water partition coefficient (Wildman–Crippen LogP) is -0.00400. The first-order valence-electron chi connectivity index (χ1n) is 5.51. The van der Waals surface area contributed by atoms with Crippen LogP contribution in [0.2, 0.25) is 0 Å². The van der Waals surface area contributed by atoms with Gasteiger partial charge in [-0.25, -0.2) is 0 Å².